The van der Waals surface area contributed by atoms with Crippen LogP contribution < -0.4 is 5.32 Å². The summed E-state index contributed by atoms with van der Waals surface area (Å²) in [6.45, 7) is 1.58. The third-order valence-electron chi connectivity index (χ3n) is 6.78. The molecule has 0 fully saturated rings. The number of nitrogens with zero attached hydrogens (tertiary/aromatic N) is 6. The molecule has 1 N–H and O–H groups in total. The second-order valence-corrected chi connectivity index (χ2v) is 9.36. The van der Waals surface area contributed by atoms with E-state index in [1.165, 1.54) is 12.1 Å². The largest absolute Gasteiger partial charge is 0.372 e. The first-order chi connectivity index (χ1) is 19.6. The van der Waals surface area contributed by atoms with E-state index in [1.54, 1.807) is 41.3 Å². The highest BCUT2D eigenvalue weighted by Gasteiger charge is 2.24. The molecule has 196 valence electrons. The summed E-state index contributed by atoms with van der Waals surface area (Å²) in [6.07, 6.45) is 5.15. The lowest BCUT2D eigenvalue weighted by molar-refractivity contribution is 0.0821. The molecule has 2 aromatic carbocycles. The predicted molar refractivity (Wildman–Crippen MR) is 147 cm³/mol. The van der Waals surface area contributed by atoms with Crippen molar-refractivity contribution >= 4 is 17.4 Å². The van der Waals surface area contributed by atoms with Gasteiger partial charge in [-0.3, -0.25) is 9.78 Å². The molecule has 0 bridgehead atoms. The Kier molecular flexibility index (Phi) is 5.86. The Hall–Kier alpha value is -5.22. The second-order valence-electron chi connectivity index (χ2n) is 9.36. The van der Waals surface area contributed by atoms with Gasteiger partial charge in [0.15, 0.2) is 11.5 Å². The van der Waals surface area contributed by atoms with Crippen molar-refractivity contribution in [2.24, 2.45) is 0 Å². The molecule has 4 aromatic heterocycles. The van der Waals surface area contributed by atoms with Crippen LogP contribution in [0.2, 0.25) is 0 Å². The van der Waals surface area contributed by atoms with Crippen LogP contribution in [0.25, 0.3) is 39.4 Å². The van der Waals surface area contributed by atoms with E-state index < -0.39 is 0 Å². The van der Waals surface area contributed by atoms with Crippen LogP contribution in [-0.4, -0.2) is 41.6 Å². The molecular formula is C30H22FN7O2. The Labute approximate surface area is 227 Å². The average Bonchev–Trinajstić information content (AvgIpc) is 3.58. The molecule has 0 saturated carbocycles. The van der Waals surface area contributed by atoms with E-state index in [2.05, 4.69) is 19.9 Å². The Morgan fingerprint density at radius 2 is 1.82 bits per heavy atom. The van der Waals surface area contributed by atoms with Crippen molar-refractivity contribution in [1.29, 1.82) is 0 Å². The minimum Gasteiger partial charge on any atom is -0.372 e. The zero-order chi connectivity index (χ0) is 27.1. The van der Waals surface area contributed by atoms with Gasteiger partial charge in [0.25, 0.3) is 5.91 Å². The van der Waals surface area contributed by atoms with E-state index in [1.807, 2.05) is 42.5 Å². The lowest BCUT2D eigenvalue weighted by Crippen LogP contribution is -2.17. The van der Waals surface area contributed by atoms with Gasteiger partial charge in [0.2, 0.25) is 0 Å². The first kappa shape index (κ1) is 23.9. The standard InChI is InChI=1S/C30H22FN7O2/c31-23-8-6-19(7-9-23)28-29(37-13-14-40-18-27(37)35-28)24-10-11-26-33-25(17-38(26)36-24)34-30(39)21-4-1-3-20(15-21)22-5-2-12-32-16-22/h1-12,15-17H,13-14,18H2,(H,34,39). The first-order valence-electron chi connectivity index (χ1n) is 12.7. The monoisotopic (exact) mass is 531 g/mol. The zero-order valence-electron chi connectivity index (χ0n) is 21.2. The Morgan fingerprint density at radius 1 is 0.950 bits per heavy atom. The van der Waals surface area contributed by atoms with Crippen LogP contribution in [0.15, 0.2) is 91.4 Å². The number of fused-ring (bicyclic) bond motifs is 2. The number of nitrogens with one attached hydrogen (secondary N) is 1. The fourth-order valence-electron chi connectivity index (χ4n) is 4.87. The van der Waals surface area contributed by atoms with Gasteiger partial charge in [-0.25, -0.2) is 18.9 Å². The number of carbonyl (C=O) groups is 1. The summed E-state index contributed by atoms with van der Waals surface area (Å²) in [7, 11) is 0. The van der Waals surface area contributed by atoms with Crippen molar-refractivity contribution in [2.75, 3.05) is 11.9 Å². The van der Waals surface area contributed by atoms with Gasteiger partial charge in [0.05, 0.1) is 24.2 Å². The Bertz CT molecular complexity index is 1860. The number of benzene rings is 2. The predicted octanol–water partition coefficient (Wildman–Crippen LogP) is 5.24. The molecule has 10 heteroatoms. The molecule has 0 saturated heterocycles. The summed E-state index contributed by atoms with van der Waals surface area (Å²) in [4.78, 5) is 26.6. The Morgan fingerprint density at radius 3 is 2.67 bits per heavy atom. The number of imidazole rings is 2. The van der Waals surface area contributed by atoms with Crippen molar-refractivity contribution in [3.05, 3.63) is 109 Å². The van der Waals surface area contributed by atoms with Crippen molar-refractivity contribution in [3.63, 3.8) is 0 Å². The van der Waals surface area contributed by atoms with Gasteiger partial charge in [-0.05, 0) is 60.2 Å². The molecule has 7 rings (SSSR count). The fourth-order valence-corrected chi connectivity index (χ4v) is 4.87. The number of amides is 1. The molecule has 6 aromatic rings. The number of halogens is 1. The maximum atomic E-state index is 13.6. The summed E-state index contributed by atoms with van der Waals surface area (Å²) in [5.74, 6) is 0.574. The molecule has 0 atom stereocenters. The van der Waals surface area contributed by atoms with Gasteiger partial charge in [0.1, 0.15) is 23.9 Å². The molecule has 0 aliphatic carbocycles. The number of hydrogen-bond donors (Lipinski definition) is 1. The van der Waals surface area contributed by atoms with Crippen LogP contribution in [0.3, 0.4) is 0 Å². The zero-order valence-corrected chi connectivity index (χ0v) is 21.2. The van der Waals surface area contributed by atoms with Crippen molar-refractivity contribution in [3.8, 4) is 33.8 Å². The average molecular weight is 532 g/mol. The summed E-state index contributed by atoms with van der Waals surface area (Å²) in [5.41, 5.74) is 5.88. The summed E-state index contributed by atoms with van der Waals surface area (Å²) in [5, 5.41) is 7.68. The van der Waals surface area contributed by atoms with Gasteiger partial charge in [-0.2, -0.15) is 5.10 Å². The number of rotatable bonds is 5. The minimum absolute atomic E-state index is 0.280. The van der Waals surface area contributed by atoms with Crippen LogP contribution in [0.1, 0.15) is 16.2 Å². The summed E-state index contributed by atoms with van der Waals surface area (Å²) in [6, 6.07) is 21.1. The van der Waals surface area contributed by atoms with E-state index in [4.69, 9.17) is 14.8 Å². The van der Waals surface area contributed by atoms with E-state index in [0.717, 1.165) is 28.2 Å². The highest BCUT2D eigenvalue weighted by Crippen LogP contribution is 2.33. The number of carbonyl (C=O) groups excluding carboxylic acids is 1. The molecule has 1 aliphatic heterocycles. The van der Waals surface area contributed by atoms with Gasteiger partial charge in [-0.1, -0.05) is 18.2 Å². The number of aromatic nitrogens is 6. The SMILES string of the molecule is O=C(Nc1cn2nc(-c3c(-c4ccc(F)cc4)nc4n3CCOC4)ccc2n1)c1cccc(-c2cccnc2)c1. The molecular weight excluding hydrogens is 509 g/mol. The highest BCUT2D eigenvalue weighted by molar-refractivity contribution is 6.04. The highest BCUT2D eigenvalue weighted by atomic mass is 19.1. The first-order valence-corrected chi connectivity index (χ1v) is 12.7. The number of pyridine rings is 1. The maximum Gasteiger partial charge on any atom is 0.256 e. The molecule has 1 amide bonds. The second kappa shape index (κ2) is 9.83. The smallest absolute Gasteiger partial charge is 0.256 e. The van der Waals surface area contributed by atoms with Crippen LogP contribution in [0.4, 0.5) is 10.2 Å². The van der Waals surface area contributed by atoms with E-state index in [0.29, 0.717) is 48.2 Å². The third-order valence-corrected chi connectivity index (χ3v) is 6.78. The molecule has 9 nitrogen and oxygen atoms in total. The van der Waals surface area contributed by atoms with Crippen molar-refractivity contribution < 1.29 is 13.9 Å². The summed E-state index contributed by atoms with van der Waals surface area (Å²) >= 11 is 0. The summed E-state index contributed by atoms with van der Waals surface area (Å²) < 4.78 is 23.0. The van der Waals surface area contributed by atoms with E-state index >= 15 is 0 Å². The molecule has 0 spiro atoms. The molecule has 40 heavy (non-hydrogen) atoms. The topological polar surface area (TPSA) is 99.2 Å². The van der Waals surface area contributed by atoms with Crippen molar-refractivity contribution in [1.82, 2.24) is 29.1 Å². The van der Waals surface area contributed by atoms with E-state index in [9.17, 15) is 9.18 Å². The van der Waals surface area contributed by atoms with Crippen LogP contribution >= 0.6 is 0 Å². The minimum atomic E-state index is -0.311. The molecule has 5 heterocycles. The lowest BCUT2D eigenvalue weighted by Gasteiger charge is -2.17. The van der Waals surface area contributed by atoms with Crippen LogP contribution in [-0.2, 0) is 17.9 Å². The van der Waals surface area contributed by atoms with Gasteiger partial charge < -0.3 is 14.6 Å². The number of anilines is 1. The third kappa shape index (κ3) is 4.40. The van der Waals surface area contributed by atoms with Gasteiger partial charge in [-0.15, -0.1) is 0 Å². The van der Waals surface area contributed by atoms with Crippen molar-refractivity contribution in [2.45, 2.75) is 13.2 Å². The normalized spacial score (nSPS) is 12.8. The molecule has 0 unspecified atom stereocenters. The Balaban J connectivity index is 1.21. The van der Waals surface area contributed by atoms with Gasteiger partial charge >= 0.3 is 0 Å². The molecule has 0 radical (unpaired) electrons. The number of ether oxygens (including phenoxy) is 1. The molecule has 1 aliphatic rings. The van der Waals surface area contributed by atoms with Gasteiger partial charge in [0, 0.05) is 35.6 Å². The number of hydrogen-bond acceptors (Lipinski definition) is 6. The lowest BCUT2D eigenvalue weighted by atomic mass is 10.0. The van der Waals surface area contributed by atoms with E-state index in [-0.39, 0.29) is 11.7 Å². The quantitative estimate of drug-likeness (QED) is 0.327. The maximum absolute atomic E-state index is 13.6. The van der Waals surface area contributed by atoms with Crippen LogP contribution in [0.5, 0.6) is 0 Å². The van der Waals surface area contributed by atoms with Crippen LogP contribution in [0, 0.1) is 5.82 Å². The fraction of sp³-hybridized carbons (Fsp3) is 0.100.